The SMILES string of the molecule is CCCC(C)NS(=O)(=O)c1cc(C(=O)O)ccc1NC1CC1. The molecule has 0 heterocycles. The summed E-state index contributed by atoms with van der Waals surface area (Å²) in [5.74, 6) is -1.14. The second-order valence-corrected chi connectivity index (χ2v) is 7.43. The molecule has 6 nitrogen and oxygen atoms in total. The first-order valence-electron chi connectivity index (χ1n) is 7.49. The molecule has 1 aliphatic carbocycles. The minimum Gasteiger partial charge on any atom is -0.478 e. The Hall–Kier alpha value is -1.60. The maximum atomic E-state index is 12.6. The normalized spacial score (nSPS) is 16.3. The first-order chi connectivity index (χ1) is 10.3. The zero-order valence-electron chi connectivity index (χ0n) is 12.8. The molecule has 1 unspecified atom stereocenters. The van der Waals surface area contributed by atoms with Crippen LogP contribution in [0, 0.1) is 0 Å². The van der Waals surface area contributed by atoms with Gasteiger partial charge >= 0.3 is 5.97 Å². The summed E-state index contributed by atoms with van der Waals surface area (Å²) < 4.78 is 27.8. The summed E-state index contributed by atoms with van der Waals surface area (Å²) in [5, 5.41) is 12.2. The van der Waals surface area contributed by atoms with Crippen LogP contribution in [0.25, 0.3) is 0 Å². The van der Waals surface area contributed by atoms with Crippen molar-refractivity contribution in [1.29, 1.82) is 0 Å². The van der Waals surface area contributed by atoms with Crippen molar-refractivity contribution in [1.82, 2.24) is 4.72 Å². The number of aromatic carboxylic acids is 1. The van der Waals surface area contributed by atoms with Crippen LogP contribution < -0.4 is 10.0 Å². The van der Waals surface area contributed by atoms with Gasteiger partial charge in [-0.15, -0.1) is 0 Å². The smallest absolute Gasteiger partial charge is 0.335 e. The highest BCUT2D eigenvalue weighted by Gasteiger charge is 2.27. The first kappa shape index (κ1) is 16.8. The van der Waals surface area contributed by atoms with Gasteiger partial charge in [0.2, 0.25) is 10.0 Å². The van der Waals surface area contributed by atoms with Gasteiger partial charge in [0.05, 0.1) is 11.3 Å². The lowest BCUT2D eigenvalue weighted by Crippen LogP contribution is -2.33. The van der Waals surface area contributed by atoms with Gasteiger partial charge in [0.15, 0.2) is 0 Å². The van der Waals surface area contributed by atoms with Gasteiger partial charge in [0.25, 0.3) is 0 Å². The van der Waals surface area contributed by atoms with Gasteiger partial charge in [-0.1, -0.05) is 13.3 Å². The molecule has 0 aliphatic heterocycles. The Morgan fingerprint density at radius 2 is 2.09 bits per heavy atom. The summed E-state index contributed by atoms with van der Waals surface area (Å²) in [4.78, 5) is 11.1. The summed E-state index contributed by atoms with van der Waals surface area (Å²) >= 11 is 0. The van der Waals surface area contributed by atoms with E-state index in [9.17, 15) is 13.2 Å². The van der Waals surface area contributed by atoms with Crippen LogP contribution in [-0.2, 0) is 10.0 Å². The molecule has 0 saturated heterocycles. The molecule has 1 aromatic rings. The second kappa shape index (κ2) is 6.66. The fraction of sp³-hybridized carbons (Fsp3) is 0.533. The fourth-order valence-electron chi connectivity index (χ4n) is 2.26. The molecule has 22 heavy (non-hydrogen) atoms. The van der Waals surface area contributed by atoms with Crippen LogP contribution in [0.4, 0.5) is 5.69 Å². The Kier molecular flexibility index (Phi) is 5.08. The van der Waals surface area contributed by atoms with Crippen LogP contribution in [0.1, 0.15) is 49.9 Å². The summed E-state index contributed by atoms with van der Waals surface area (Å²) in [6.45, 7) is 3.78. The highest BCUT2D eigenvalue weighted by atomic mass is 32.2. The van der Waals surface area contributed by atoms with E-state index >= 15 is 0 Å². The van der Waals surface area contributed by atoms with Crippen molar-refractivity contribution in [2.45, 2.75) is 56.5 Å². The molecule has 1 aromatic carbocycles. The predicted octanol–water partition coefficient (Wildman–Crippen LogP) is 2.43. The highest BCUT2D eigenvalue weighted by molar-refractivity contribution is 7.89. The molecule has 0 aromatic heterocycles. The number of anilines is 1. The lowest BCUT2D eigenvalue weighted by Gasteiger charge is -2.17. The van der Waals surface area contributed by atoms with Crippen molar-refractivity contribution >= 4 is 21.7 Å². The van der Waals surface area contributed by atoms with Crippen LogP contribution in [0.3, 0.4) is 0 Å². The van der Waals surface area contributed by atoms with Crippen LogP contribution in [-0.4, -0.2) is 31.6 Å². The van der Waals surface area contributed by atoms with Gasteiger partial charge in [0, 0.05) is 12.1 Å². The van der Waals surface area contributed by atoms with Gasteiger partial charge in [-0.2, -0.15) is 0 Å². The molecule has 1 fully saturated rings. The molecule has 1 aliphatic rings. The number of carboxylic acids is 1. The monoisotopic (exact) mass is 326 g/mol. The van der Waals surface area contributed by atoms with Crippen molar-refractivity contribution in [3.8, 4) is 0 Å². The largest absolute Gasteiger partial charge is 0.478 e. The molecule has 122 valence electrons. The van der Waals surface area contributed by atoms with E-state index in [1.165, 1.54) is 18.2 Å². The van der Waals surface area contributed by atoms with E-state index in [2.05, 4.69) is 10.0 Å². The van der Waals surface area contributed by atoms with Crippen molar-refractivity contribution in [3.05, 3.63) is 23.8 Å². The molecule has 0 bridgehead atoms. The molecular weight excluding hydrogens is 304 g/mol. The number of sulfonamides is 1. The summed E-state index contributed by atoms with van der Waals surface area (Å²) in [6, 6.07) is 4.24. The molecule has 7 heteroatoms. The van der Waals surface area contributed by atoms with E-state index in [-0.39, 0.29) is 22.5 Å². The van der Waals surface area contributed by atoms with Crippen molar-refractivity contribution in [2.75, 3.05) is 5.32 Å². The van der Waals surface area contributed by atoms with Crippen LogP contribution in [0.5, 0.6) is 0 Å². The van der Waals surface area contributed by atoms with Crippen LogP contribution >= 0.6 is 0 Å². The molecule has 3 N–H and O–H groups in total. The zero-order chi connectivity index (χ0) is 16.3. The van der Waals surface area contributed by atoms with E-state index in [0.29, 0.717) is 5.69 Å². The lowest BCUT2D eigenvalue weighted by molar-refractivity contribution is 0.0696. The standard InChI is InChI=1S/C15H22N2O4S/c1-3-4-10(2)17-22(20,21)14-9-11(15(18)19)5-8-13(14)16-12-6-7-12/h5,8-10,12,16-17H,3-4,6-7H2,1-2H3,(H,18,19). The maximum absolute atomic E-state index is 12.6. The van der Waals surface area contributed by atoms with Gasteiger partial charge in [-0.3, -0.25) is 0 Å². The fourth-order valence-corrected chi connectivity index (χ4v) is 3.74. The number of nitrogens with one attached hydrogen (secondary N) is 2. The number of hydrogen-bond acceptors (Lipinski definition) is 4. The van der Waals surface area contributed by atoms with E-state index in [0.717, 1.165) is 25.7 Å². The average Bonchev–Trinajstić information content (AvgIpc) is 3.22. The third-order valence-corrected chi connectivity index (χ3v) is 5.16. The van der Waals surface area contributed by atoms with Gasteiger partial charge in [-0.05, 0) is 44.4 Å². The Morgan fingerprint density at radius 3 is 2.64 bits per heavy atom. The van der Waals surface area contributed by atoms with E-state index in [1.54, 1.807) is 6.92 Å². The van der Waals surface area contributed by atoms with Gasteiger partial charge < -0.3 is 10.4 Å². The number of benzene rings is 1. The Labute approximate surface area is 131 Å². The summed E-state index contributed by atoms with van der Waals surface area (Å²) in [5.41, 5.74) is 0.425. The third kappa shape index (κ3) is 4.20. The molecule has 2 rings (SSSR count). The Morgan fingerprint density at radius 1 is 1.41 bits per heavy atom. The molecule has 0 spiro atoms. The molecule has 0 radical (unpaired) electrons. The zero-order valence-corrected chi connectivity index (χ0v) is 13.6. The number of carbonyl (C=O) groups is 1. The second-order valence-electron chi connectivity index (χ2n) is 5.75. The minimum atomic E-state index is -3.76. The first-order valence-corrected chi connectivity index (χ1v) is 8.98. The van der Waals surface area contributed by atoms with Crippen LogP contribution in [0.15, 0.2) is 23.1 Å². The number of hydrogen-bond donors (Lipinski definition) is 3. The van der Waals surface area contributed by atoms with Gasteiger partial charge in [0.1, 0.15) is 4.90 Å². The maximum Gasteiger partial charge on any atom is 0.335 e. The average molecular weight is 326 g/mol. The van der Waals surface area contributed by atoms with Crippen LogP contribution in [0.2, 0.25) is 0 Å². The minimum absolute atomic E-state index is 0.00209. The molecule has 0 amide bonds. The van der Waals surface area contributed by atoms with Crippen molar-refractivity contribution in [3.63, 3.8) is 0 Å². The quantitative estimate of drug-likeness (QED) is 0.682. The topological polar surface area (TPSA) is 95.5 Å². The lowest BCUT2D eigenvalue weighted by atomic mass is 10.2. The summed E-state index contributed by atoms with van der Waals surface area (Å²) in [7, 11) is -3.76. The summed E-state index contributed by atoms with van der Waals surface area (Å²) in [6.07, 6.45) is 3.59. The molecule has 1 saturated carbocycles. The Bertz CT molecular complexity index is 654. The van der Waals surface area contributed by atoms with E-state index < -0.39 is 16.0 Å². The van der Waals surface area contributed by atoms with E-state index in [1.807, 2.05) is 6.92 Å². The molecule has 1 atom stereocenters. The van der Waals surface area contributed by atoms with Crippen molar-refractivity contribution in [2.24, 2.45) is 0 Å². The van der Waals surface area contributed by atoms with Gasteiger partial charge in [-0.25, -0.2) is 17.9 Å². The highest BCUT2D eigenvalue weighted by Crippen LogP contribution is 2.30. The van der Waals surface area contributed by atoms with Crippen molar-refractivity contribution < 1.29 is 18.3 Å². The third-order valence-electron chi connectivity index (χ3n) is 3.53. The molecular formula is C15H22N2O4S. The Balaban J connectivity index is 2.35. The van der Waals surface area contributed by atoms with E-state index in [4.69, 9.17) is 5.11 Å². The number of rotatable bonds is 8. The predicted molar refractivity (Wildman–Crippen MR) is 84.7 cm³/mol. The number of carboxylic acid groups (broad SMARTS) is 1.